The highest BCUT2D eigenvalue weighted by atomic mass is 15.1. The third-order valence-corrected chi connectivity index (χ3v) is 3.34. The number of H-pyrrole nitrogens is 1. The van der Waals surface area contributed by atoms with Crippen LogP contribution in [0, 0.1) is 0 Å². The molecular weight excluding hydrogens is 236 g/mol. The number of nitrogens with zero attached hydrogens (tertiary/aromatic N) is 3. The molecule has 0 atom stereocenters. The Morgan fingerprint density at radius 2 is 1.95 bits per heavy atom. The predicted molar refractivity (Wildman–Crippen MR) is 74.8 cm³/mol. The van der Waals surface area contributed by atoms with E-state index in [0.29, 0.717) is 0 Å². The van der Waals surface area contributed by atoms with Gasteiger partial charge in [-0.15, -0.1) is 0 Å². The van der Waals surface area contributed by atoms with Crippen LogP contribution in [0.4, 0.5) is 0 Å². The fourth-order valence-electron chi connectivity index (χ4n) is 2.30. The van der Waals surface area contributed by atoms with Gasteiger partial charge in [0.25, 0.3) is 0 Å². The number of aromatic nitrogens is 4. The van der Waals surface area contributed by atoms with Crippen LogP contribution in [0.3, 0.4) is 0 Å². The Labute approximate surface area is 111 Å². The summed E-state index contributed by atoms with van der Waals surface area (Å²) in [6.07, 6.45) is 12.3. The van der Waals surface area contributed by atoms with Crippen molar-refractivity contribution in [2.24, 2.45) is 0 Å². The monoisotopic (exact) mass is 252 g/mol. The molecule has 0 unspecified atom stereocenters. The zero-order valence-corrected chi connectivity index (χ0v) is 10.7. The van der Waals surface area contributed by atoms with Gasteiger partial charge in [0.1, 0.15) is 0 Å². The maximum atomic E-state index is 4.12. The molecule has 1 aliphatic rings. The van der Waals surface area contributed by atoms with Crippen molar-refractivity contribution in [3.63, 3.8) is 0 Å². The van der Waals surface area contributed by atoms with Crippen LogP contribution in [0.25, 0.3) is 10.9 Å². The van der Waals surface area contributed by atoms with Crippen molar-refractivity contribution in [1.82, 2.24) is 20.2 Å². The number of rotatable bonds is 0. The minimum Gasteiger partial charge on any atom is -0.282 e. The number of hydrogen-bond acceptors (Lipinski definition) is 3. The fourth-order valence-corrected chi connectivity index (χ4v) is 2.30. The van der Waals surface area contributed by atoms with Gasteiger partial charge in [-0.1, -0.05) is 6.07 Å². The standard InChI is InChI=1S/C8H6N2.C7H10N2/c1-2-7-3-5-9-6-8(7)10-4-1;1-2-4-7-6(3-1)5-8-9-7/h1-6H;5H,1-4H2,(H,8,9). The van der Waals surface area contributed by atoms with E-state index in [1.807, 2.05) is 24.4 Å². The molecular formula is C15H16N4. The molecule has 4 rings (SSSR count). The molecule has 3 aromatic heterocycles. The van der Waals surface area contributed by atoms with Crippen LogP contribution in [0.1, 0.15) is 24.1 Å². The summed E-state index contributed by atoms with van der Waals surface area (Å²) in [5, 5.41) is 8.12. The van der Waals surface area contributed by atoms with Gasteiger partial charge in [0.05, 0.1) is 17.9 Å². The van der Waals surface area contributed by atoms with Crippen molar-refractivity contribution < 1.29 is 0 Å². The summed E-state index contributed by atoms with van der Waals surface area (Å²) in [5.74, 6) is 0. The summed E-state index contributed by atoms with van der Waals surface area (Å²) in [5.41, 5.74) is 3.74. The highest BCUT2D eigenvalue weighted by Gasteiger charge is 2.08. The maximum absolute atomic E-state index is 4.12. The number of aromatic amines is 1. The molecule has 96 valence electrons. The highest BCUT2D eigenvalue weighted by Crippen LogP contribution is 2.17. The van der Waals surface area contributed by atoms with Gasteiger partial charge in [0, 0.05) is 23.5 Å². The van der Waals surface area contributed by atoms with Crippen molar-refractivity contribution in [1.29, 1.82) is 0 Å². The molecule has 0 fully saturated rings. The van der Waals surface area contributed by atoms with Crippen molar-refractivity contribution in [3.05, 3.63) is 54.2 Å². The lowest BCUT2D eigenvalue weighted by Gasteiger charge is -2.07. The average molecular weight is 252 g/mol. The lowest BCUT2D eigenvalue weighted by atomic mass is 9.99. The van der Waals surface area contributed by atoms with Crippen LogP contribution in [0.5, 0.6) is 0 Å². The third kappa shape index (κ3) is 2.78. The second kappa shape index (κ2) is 5.61. The van der Waals surface area contributed by atoms with Crippen LogP contribution in [-0.2, 0) is 12.8 Å². The molecule has 1 aliphatic carbocycles. The molecule has 0 spiro atoms. The highest BCUT2D eigenvalue weighted by molar-refractivity contribution is 5.76. The first-order valence-corrected chi connectivity index (χ1v) is 6.59. The summed E-state index contributed by atoms with van der Waals surface area (Å²) in [6, 6.07) is 5.88. The first kappa shape index (κ1) is 11.8. The molecule has 19 heavy (non-hydrogen) atoms. The minimum atomic E-state index is 0.949. The summed E-state index contributed by atoms with van der Waals surface area (Å²) in [6.45, 7) is 0. The first-order valence-electron chi connectivity index (χ1n) is 6.59. The third-order valence-electron chi connectivity index (χ3n) is 3.34. The summed E-state index contributed by atoms with van der Waals surface area (Å²) in [7, 11) is 0. The zero-order valence-electron chi connectivity index (χ0n) is 10.7. The summed E-state index contributed by atoms with van der Waals surface area (Å²) in [4.78, 5) is 8.07. The number of nitrogens with one attached hydrogen (secondary N) is 1. The molecule has 0 aliphatic heterocycles. The van der Waals surface area contributed by atoms with Crippen molar-refractivity contribution in [3.8, 4) is 0 Å². The van der Waals surface area contributed by atoms with E-state index >= 15 is 0 Å². The summed E-state index contributed by atoms with van der Waals surface area (Å²) >= 11 is 0. The topological polar surface area (TPSA) is 54.5 Å². The van der Waals surface area contributed by atoms with E-state index in [9.17, 15) is 0 Å². The van der Waals surface area contributed by atoms with E-state index in [2.05, 4.69) is 20.2 Å². The van der Waals surface area contributed by atoms with Crippen LogP contribution < -0.4 is 0 Å². The number of pyridine rings is 2. The van der Waals surface area contributed by atoms with Gasteiger partial charge in [0.15, 0.2) is 0 Å². The van der Waals surface area contributed by atoms with Crippen LogP contribution in [0.15, 0.2) is 43.0 Å². The Morgan fingerprint density at radius 3 is 2.84 bits per heavy atom. The maximum Gasteiger partial charge on any atom is 0.0885 e. The van der Waals surface area contributed by atoms with E-state index in [4.69, 9.17) is 0 Å². The van der Waals surface area contributed by atoms with Gasteiger partial charge in [-0.3, -0.25) is 15.1 Å². The van der Waals surface area contributed by atoms with Gasteiger partial charge >= 0.3 is 0 Å². The Hall–Kier alpha value is -2.23. The molecule has 0 aromatic carbocycles. The molecule has 0 bridgehead atoms. The van der Waals surface area contributed by atoms with Crippen LogP contribution in [0.2, 0.25) is 0 Å². The Balaban J connectivity index is 0.000000117. The quantitative estimate of drug-likeness (QED) is 0.669. The number of fused-ring (bicyclic) bond motifs is 2. The molecule has 4 nitrogen and oxygen atoms in total. The SMILES string of the molecule is c1cnc2cnccc2c1.c1n[nH]c2c1CCCC2. The minimum absolute atomic E-state index is 0.949. The predicted octanol–water partition coefficient (Wildman–Crippen LogP) is 2.92. The smallest absolute Gasteiger partial charge is 0.0885 e. The van der Waals surface area contributed by atoms with E-state index in [0.717, 1.165) is 10.9 Å². The van der Waals surface area contributed by atoms with Crippen molar-refractivity contribution >= 4 is 10.9 Å². The van der Waals surface area contributed by atoms with E-state index in [1.165, 1.54) is 36.9 Å². The van der Waals surface area contributed by atoms with Crippen LogP contribution >= 0.6 is 0 Å². The molecule has 0 saturated carbocycles. The average Bonchev–Trinajstić information content (AvgIpc) is 2.96. The Bertz CT molecular complexity index is 574. The van der Waals surface area contributed by atoms with Gasteiger partial charge in [-0.25, -0.2) is 0 Å². The molecule has 1 N–H and O–H groups in total. The molecule has 3 aromatic rings. The van der Waals surface area contributed by atoms with E-state index < -0.39 is 0 Å². The zero-order chi connectivity index (χ0) is 12.9. The van der Waals surface area contributed by atoms with E-state index in [1.54, 1.807) is 18.6 Å². The lowest BCUT2D eigenvalue weighted by molar-refractivity contribution is 0.675. The molecule has 0 amide bonds. The van der Waals surface area contributed by atoms with Gasteiger partial charge in [-0.05, 0) is 43.4 Å². The number of hydrogen-bond donors (Lipinski definition) is 1. The fraction of sp³-hybridized carbons (Fsp3) is 0.267. The number of aryl methyl sites for hydroxylation is 2. The van der Waals surface area contributed by atoms with Gasteiger partial charge in [0.2, 0.25) is 0 Å². The molecule has 0 radical (unpaired) electrons. The van der Waals surface area contributed by atoms with Gasteiger partial charge in [-0.2, -0.15) is 5.10 Å². The molecule has 3 heterocycles. The molecule has 4 heteroatoms. The van der Waals surface area contributed by atoms with Gasteiger partial charge < -0.3 is 0 Å². The van der Waals surface area contributed by atoms with Crippen molar-refractivity contribution in [2.45, 2.75) is 25.7 Å². The largest absolute Gasteiger partial charge is 0.282 e. The first-order chi connectivity index (χ1) is 9.43. The Morgan fingerprint density at radius 1 is 1.00 bits per heavy atom. The Kier molecular flexibility index (Phi) is 3.49. The lowest BCUT2D eigenvalue weighted by Crippen LogP contribution is -1.99. The second-order valence-corrected chi connectivity index (χ2v) is 4.65. The van der Waals surface area contributed by atoms with E-state index in [-0.39, 0.29) is 0 Å². The van der Waals surface area contributed by atoms with Crippen LogP contribution in [-0.4, -0.2) is 20.2 Å². The summed E-state index contributed by atoms with van der Waals surface area (Å²) < 4.78 is 0. The second-order valence-electron chi connectivity index (χ2n) is 4.65. The van der Waals surface area contributed by atoms with Crippen molar-refractivity contribution in [2.75, 3.05) is 0 Å². The molecule has 0 saturated heterocycles. The normalized spacial score (nSPS) is 13.5.